The third-order valence-electron chi connectivity index (χ3n) is 3.56. The molecule has 0 unspecified atom stereocenters. The van der Waals surface area contributed by atoms with Gasteiger partial charge in [-0.1, -0.05) is 6.07 Å². The molecule has 8 heteroatoms. The number of nitrogens with zero attached hydrogens (tertiary/aromatic N) is 2. The molecule has 1 aromatic heterocycles. The van der Waals surface area contributed by atoms with Crippen LogP contribution in [0.4, 0.5) is 0 Å². The van der Waals surface area contributed by atoms with Gasteiger partial charge in [-0.3, -0.25) is 13.9 Å². The average Bonchev–Trinajstić information content (AvgIpc) is 2.41. The summed E-state index contributed by atoms with van der Waals surface area (Å²) in [6.07, 6.45) is 0. The number of benzene rings is 1. The molecule has 0 radical (unpaired) electrons. The Kier molecular flexibility index (Phi) is 4.21. The van der Waals surface area contributed by atoms with Crippen LogP contribution in [0.1, 0.15) is 16.8 Å². The Morgan fingerprint density at radius 3 is 1.96 bits per heavy atom. The fourth-order valence-electron chi connectivity index (χ4n) is 2.35. The molecule has 0 aliphatic carbocycles. The van der Waals surface area contributed by atoms with E-state index in [-0.39, 0.29) is 11.4 Å². The topological polar surface area (TPSA) is 87.4 Å². The van der Waals surface area contributed by atoms with Crippen LogP contribution in [0.2, 0.25) is 0 Å². The van der Waals surface area contributed by atoms with Crippen LogP contribution in [0.15, 0.2) is 32.7 Å². The number of hydrogen-bond donors (Lipinski definition) is 0. The van der Waals surface area contributed by atoms with Gasteiger partial charge in [0.25, 0.3) is 5.56 Å². The van der Waals surface area contributed by atoms with Gasteiger partial charge in [-0.15, -0.1) is 0 Å². The Morgan fingerprint density at radius 1 is 0.913 bits per heavy atom. The summed E-state index contributed by atoms with van der Waals surface area (Å²) in [4.78, 5) is 23.5. The molecule has 0 bridgehead atoms. The van der Waals surface area contributed by atoms with E-state index in [0.717, 1.165) is 20.3 Å². The van der Waals surface area contributed by atoms with E-state index in [9.17, 15) is 18.0 Å². The van der Waals surface area contributed by atoms with Crippen molar-refractivity contribution in [2.75, 3.05) is 0 Å². The predicted molar refractivity (Wildman–Crippen MR) is 85.4 cm³/mol. The maximum atomic E-state index is 12.5. The first-order valence-corrected chi connectivity index (χ1v) is 8.25. The Hall–Kier alpha value is -2.35. The van der Waals surface area contributed by atoms with Gasteiger partial charge in [-0.25, -0.2) is 4.79 Å². The highest BCUT2D eigenvalue weighted by atomic mass is 32.2. The molecule has 0 saturated heterocycles. The zero-order valence-electron chi connectivity index (χ0n) is 13.6. The molecule has 2 rings (SSSR count). The van der Waals surface area contributed by atoms with Crippen molar-refractivity contribution in [3.63, 3.8) is 0 Å². The molecule has 0 aliphatic heterocycles. The van der Waals surface area contributed by atoms with Gasteiger partial charge in [-0.05, 0) is 44.0 Å². The van der Waals surface area contributed by atoms with Crippen molar-refractivity contribution in [1.82, 2.24) is 9.13 Å². The van der Waals surface area contributed by atoms with E-state index in [0.29, 0.717) is 0 Å². The van der Waals surface area contributed by atoms with Crippen molar-refractivity contribution in [2.24, 2.45) is 14.1 Å². The highest BCUT2D eigenvalue weighted by molar-refractivity contribution is 7.87. The van der Waals surface area contributed by atoms with Gasteiger partial charge in [0, 0.05) is 19.8 Å². The standard InChI is InChI=1S/C15H18N2O5S/c1-9-6-10(2)8-12(7-9)22-23(20,21)13-11(3)16(4)15(19)17(5)14(13)18/h6-8H,1-5H3. The van der Waals surface area contributed by atoms with E-state index < -0.39 is 26.3 Å². The lowest BCUT2D eigenvalue weighted by atomic mass is 10.1. The normalized spacial score (nSPS) is 11.5. The van der Waals surface area contributed by atoms with Crippen LogP contribution >= 0.6 is 0 Å². The van der Waals surface area contributed by atoms with E-state index in [1.54, 1.807) is 12.1 Å². The van der Waals surface area contributed by atoms with E-state index in [2.05, 4.69) is 0 Å². The van der Waals surface area contributed by atoms with Crippen LogP contribution in [0, 0.1) is 20.8 Å². The van der Waals surface area contributed by atoms with Gasteiger partial charge in [0.05, 0.1) is 0 Å². The fourth-order valence-corrected chi connectivity index (χ4v) is 3.63. The second-order valence-corrected chi connectivity index (χ2v) is 6.96. The zero-order valence-corrected chi connectivity index (χ0v) is 14.4. The molecule has 7 nitrogen and oxygen atoms in total. The summed E-state index contributed by atoms with van der Waals surface area (Å²) < 4.78 is 32.0. The van der Waals surface area contributed by atoms with E-state index in [4.69, 9.17) is 4.18 Å². The molecule has 0 fully saturated rings. The number of rotatable bonds is 3. The maximum absolute atomic E-state index is 12.5. The van der Waals surface area contributed by atoms with Crippen LogP contribution < -0.4 is 15.4 Å². The van der Waals surface area contributed by atoms with Gasteiger partial charge in [0.2, 0.25) is 0 Å². The van der Waals surface area contributed by atoms with Crippen molar-refractivity contribution in [2.45, 2.75) is 25.7 Å². The summed E-state index contributed by atoms with van der Waals surface area (Å²) in [6, 6.07) is 4.99. The van der Waals surface area contributed by atoms with Crippen LogP contribution in [0.5, 0.6) is 5.75 Å². The van der Waals surface area contributed by atoms with E-state index in [1.165, 1.54) is 21.0 Å². The molecule has 1 heterocycles. The number of aromatic nitrogens is 2. The highest BCUT2D eigenvalue weighted by Crippen LogP contribution is 2.21. The Labute approximate surface area is 133 Å². The zero-order chi connectivity index (χ0) is 17.5. The first-order chi connectivity index (χ1) is 10.5. The van der Waals surface area contributed by atoms with Crippen LogP contribution in [0.25, 0.3) is 0 Å². The Bertz CT molecular complexity index is 979. The molecule has 0 N–H and O–H groups in total. The number of hydrogen-bond acceptors (Lipinski definition) is 5. The van der Waals surface area contributed by atoms with E-state index >= 15 is 0 Å². The lowest BCUT2D eigenvalue weighted by Crippen LogP contribution is -2.41. The predicted octanol–water partition coefficient (Wildman–Crippen LogP) is 0.777. The first kappa shape index (κ1) is 17.0. The van der Waals surface area contributed by atoms with E-state index in [1.807, 2.05) is 19.9 Å². The number of aryl methyl sites for hydroxylation is 2. The summed E-state index contributed by atoms with van der Waals surface area (Å²) >= 11 is 0. The summed E-state index contributed by atoms with van der Waals surface area (Å²) in [5.41, 5.74) is 0.191. The molecule has 2 aromatic rings. The molecule has 0 spiro atoms. The lowest BCUT2D eigenvalue weighted by molar-refractivity contribution is 0.478. The molecule has 23 heavy (non-hydrogen) atoms. The van der Waals surface area contributed by atoms with Crippen molar-refractivity contribution in [3.8, 4) is 5.75 Å². The Morgan fingerprint density at radius 2 is 1.43 bits per heavy atom. The molecule has 0 aliphatic rings. The average molecular weight is 338 g/mol. The lowest BCUT2D eigenvalue weighted by Gasteiger charge is -2.13. The van der Waals surface area contributed by atoms with Crippen molar-refractivity contribution in [3.05, 3.63) is 55.9 Å². The van der Waals surface area contributed by atoms with Crippen molar-refractivity contribution >= 4 is 10.1 Å². The van der Waals surface area contributed by atoms with Gasteiger partial charge in [-0.2, -0.15) is 8.42 Å². The highest BCUT2D eigenvalue weighted by Gasteiger charge is 2.27. The molecule has 0 saturated carbocycles. The summed E-state index contributed by atoms with van der Waals surface area (Å²) in [5, 5.41) is 0. The molecular formula is C15H18N2O5S. The smallest absolute Gasteiger partial charge is 0.346 e. The minimum atomic E-state index is -4.36. The summed E-state index contributed by atoms with van der Waals surface area (Å²) in [5.74, 6) is 0.123. The Balaban J connectivity index is 2.66. The van der Waals surface area contributed by atoms with Crippen LogP contribution in [-0.4, -0.2) is 17.6 Å². The fraction of sp³-hybridized carbons (Fsp3) is 0.333. The minimum Gasteiger partial charge on any atom is -0.379 e. The third kappa shape index (κ3) is 3.07. The van der Waals surface area contributed by atoms with Crippen molar-refractivity contribution in [1.29, 1.82) is 0 Å². The van der Waals surface area contributed by atoms with Crippen molar-refractivity contribution < 1.29 is 12.6 Å². The molecule has 0 atom stereocenters. The molecule has 124 valence electrons. The summed E-state index contributed by atoms with van der Waals surface area (Å²) in [7, 11) is -1.75. The summed E-state index contributed by atoms with van der Waals surface area (Å²) in [6.45, 7) is 5.01. The first-order valence-electron chi connectivity index (χ1n) is 6.84. The molecule has 0 amide bonds. The third-order valence-corrected chi connectivity index (χ3v) is 4.94. The minimum absolute atomic E-state index is 0.0301. The largest absolute Gasteiger partial charge is 0.379 e. The molecular weight excluding hydrogens is 320 g/mol. The van der Waals surface area contributed by atoms with Gasteiger partial charge < -0.3 is 4.18 Å². The second kappa shape index (κ2) is 5.69. The second-order valence-electron chi connectivity index (χ2n) is 5.48. The van der Waals surface area contributed by atoms with Gasteiger partial charge >= 0.3 is 15.8 Å². The maximum Gasteiger partial charge on any atom is 0.346 e. The quantitative estimate of drug-likeness (QED) is 0.772. The SMILES string of the molecule is Cc1cc(C)cc(OS(=O)(=O)c2c(C)n(C)c(=O)n(C)c2=O)c1. The van der Waals surface area contributed by atoms with Crippen LogP contribution in [0.3, 0.4) is 0 Å². The van der Waals surface area contributed by atoms with Gasteiger partial charge in [0.15, 0.2) is 4.90 Å². The monoisotopic (exact) mass is 338 g/mol. The van der Waals surface area contributed by atoms with Crippen LogP contribution in [-0.2, 0) is 24.2 Å². The van der Waals surface area contributed by atoms with Gasteiger partial charge in [0.1, 0.15) is 5.75 Å². The molecule has 1 aromatic carbocycles.